The molecular weight excluding hydrogens is 304 g/mol. The summed E-state index contributed by atoms with van der Waals surface area (Å²) in [5.41, 5.74) is 4.09. The van der Waals surface area contributed by atoms with Gasteiger partial charge in [-0.05, 0) is 42.0 Å². The van der Waals surface area contributed by atoms with Gasteiger partial charge >= 0.3 is 0 Å². The first-order valence-electron chi connectivity index (χ1n) is 7.57. The Morgan fingerprint density at radius 3 is 2.71 bits per heavy atom. The summed E-state index contributed by atoms with van der Waals surface area (Å²) in [4.78, 5) is 0. The van der Waals surface area contributed by atoms with Crippen LogP contribution in [0.4, 0.5) is 5.69 Å². The van der Waals surface area contributed by atoms with Crippen molar-refractivity contribution >= 4 is 17.3 Å². The number of hydrogen-bond acceptors (Lipinski definition) is 5. The minimum atomic E-state index is -0.819. The lowest BCUT2D eigenvalue weighted by atomic mass is 10.0. The van der Waals surface area contributed by atoms with Crippen molar-refractivity contribution in [3.8, 4) is 11.4 Å². The molecule has 4 rings (SSSR count). The van der Waals surface area contributed by atoms with E-state index in [9.17, 15) is 5.11 Å². The van der Waals surface area contributed by atoms with Gasteiger partial charge in [0, 0.05) is 11.3 Å². The van der Waals surface area contributed by atoms with E-state index >= 15 is 0 Å². The highest BCUT2D eigenvalue weighted by Crippen LogP contribution is 2.30. The molecule has 1 aliphatic heterocycles. The quantitative estimate of drug-likeness (QED) is 0.776. The van der Waals surface area contributed by atoms with E-state index in [1.54, 1.807) is 18.0 Å². The zero-order valence-electron chi connectivity index (χ0n) is 13.0. The van der Waals surface area contributed by atoms with Crippen molar-refractivity contribution in [3.63, 3.8) is 0 Å². The van der Waals surface area contributed by atoms with Gasteiger partial charge in [-0.1, -0.05) is 23.4 Å². The van der Waals surface area contributed by atoms with E-state index in [2.05, 4.69) is 15.6 Å². The number of benzene rings is 2. The maximum atomic E-state index is 10.3. The van der Waals surface area contributed by atoms with Crippen molar-refractivity contribution in [1.29, 1.82) is 0 Å². The Kier molecular flexibility index (Phi) is 3.51. The molecule has 0 amide bonds. The van der Waals surface area contributed by atoms with Gasteiger partial charge in [-0.3, -0.25) is 0 Å². The van der Waals surface area contributed by atoms with E-state index in [1.807, 2.05) is 54.6 Å². The summed E-state index contributed by atoms with van der Waals surface area (Å²) in [7, 11) is 1.63. The maximum absolute atomic E-state index is 10.3. The molecule has 0 saturated carbocycles. The normalized spacial score (nSPS) is 16.1. The molecule has 0 aliphatic carbocycles. The van der Waals surface area contributed by atoms with Crippen molar-refractivity contribution in [3.05, 3.63) is 66.0 Å². The van der Waals surface area contributed by atoms with Crippen LogP contribution in [0.2, 0.25) is 0 Å². The molecule has 1 atom stereocenters. The van der Waals surface area contributed by atoms with E-state index in [0.29, 0.717) is 11.3 Å². The number of rotatable bonds is 3. The number of aliphatic hydroxyl groups excluding tert-OH is 1. The Morgan fingerprint density at radius 2 is 1.92 bits per heavy atom. The van der Waals surface area contributed by atoms with Crippen LogP contribution in [0, 0.1) is 0 Å². The molecular formula is C18H16N4O2. The number of anilines is 1. The zero-order chi connectivity index (χ0) is 16.5. The minimum absolute atomic E-state index is 0.625. The molecule has 1 unspecified atom stereocenters. The highest BCUT2D eigenvalue weighted by molar-refractivity contribution is 5.90. The van der Waals surface area contributed by atoms with E-state index in [-0.39, 0.29) is 0 Å². The number of ether oxygens (including phenoxy) is 1. The van der Waals surface area contributed by atoms with Crippen LogP contribution in [0.5, 0.6) is 5.75 Å². The summed E-state index contributed by atoms with van der Waals surface area (Å²) in [6.45, 7) is 0. The Balaban J connectivity index is 1.68. The van der Waals surface area contributed by atoms with Gasteiger partial charge in [0.15, 0.2) is 6.23 Å². The predicted molar refractivity (Wildman–Crippen MR) is 91.9 cm³/mol. The van der Waals surface area contributed by atoms with Crippen molar-refractivity contribution in [2.75, 3.05) is 12.4 Å². The van der Waals surface area contributed by atoms with Gasteiger partial charge in [0.05, 0.1) is 19.0 Å². The van der Waals surface area contributed by atoms with Gasteiger partial charge in [-0.25, -0.2) is 4.68 Å². The first-order valence-corrected chi connectivity index (χ1v) is 7.57. The average Bonchev–Trinajstić information content (AvgIpc) is 3.11. The second-order valence-electron chi connectivity index (χ2n) is 5.48. The molecule has 120 valence electrons. The molecule has 2 aromatic carbocycles. The second kappa shape index (κ2) is 5.82. The molecule has 0 spiro atoms. The van der Waals surface area contributed by atoms with Gasteiger partial charge in [0.1, 0.15) is 11.4 Å². The number of hydrogen-bond donors (Lipinski definition) is 2. The van der Waals surface area contributed by atoms with Gasteiger partial charge in [0.2, 0.25) is 0 Å². The van der Waals surface area contributed by atoms with Crippen LogP contribution in [0.3, 0.4) is 0 Å². The molecule has 0 fully saturated rings. The number of aromatic nitrogens is 3. The summed E-state index contributed by atoms with van der Waals surface area (Å²) < 4.78 is 6.83. The SMILES string of the molecule is COc1ccc(-n2cc(C3=Cc4ccccc4NC3O)nn2)cc1. The Morgan fingerprint density at radius 1 is 1.12 bits per heavy atom. The number of fused-ring (bicyclic) bond motifs is 1. The summed E-state index contributed by atoms with van der Waals surface area (Å²) in [6.07, 6.45) is 2.91. The van der Waals surface area contributed by atoms with E-state index in [4.69, 9.17) is 4.74 Å². The molecule has 1 aliphatic rings. The third kappa shape index (κ3) is 2.53. The van der Waals surface area contributed by atoms with E-state index < -0.39 is 6.23 Å². The predicted octanol–water partition coefficient (Wildman–Crippen LogP) is 2.56. The van der Waals surface area contributed by atoms with Crippen molar-refractivity contribution in [2.45, 2.75) is 6.23 Å². The minimum Gasteiger partial charge on any atom is -0.497 e. The van der Waals surface area contributed by atoms with Crippen LogP contribution in [0.15, 0.2) is 54.7 Å². The number of para-hydroxylation sites is 1. The van der Waals surface area contributed by atoms with Crippen molar-refractivity contribution in [2.24, 2.45) is 0 Å². The average molecular weight is 320 g/mol. The lowest BCUT2D eigenvalue weighted by Crippen LogP contribution is -2.24. The third-order valence-electron chi connectivity index (χ3n) is 3.98. The van der Waals surface area contributed by atoms with Crippen LogP contribution >= 0.6 is 0 Å². The molecule has 6 nitrogen and oxygen atoms in total. The molecule has 24 heavy (non-hydrogen) atoms. The van der Waals surface area contributed by atoms with Crippen LogP contribution in [0.25, 0.3) is 17.3 Å². The molecule has 2 heterocycles. The third-order valence-corrected chi connectivity index (χ3v) is 3.98. The fraction of sp³-hybridized carbons (Fsp3) is 0.111. The molecule has 2 N–H and O–H groups in total. The maximum Gasteiger partial charge on any atom is 0.153 e. The number of nitrogens with one attached hydrogen (secondary N) is 1. The van der Waals surface area contributed by atoms with Crippen molar-refractivity contribution in [1.82, 2.24) is 15.0 Å². The molecule has 3 aromatic rings. The largest absolute Gasteiger partial charge is 0.497 e. The number of aliphatic hydroxyl groups is 1. The summed E-state index contributed by atoms with van der Waals surface area (Å²) in [5, 5.41) is 21.8. The van der Waals surface area contributed by atoms with Crippen molar-refractivity contribution < 1.29 is 9.84 Å². The van der Waals surface area contributed by atoms with E-state index in [0.717, 1.165) is 22.7 Å². The summed E-state index contributed by atoms with van der Waals surface area (Å²) in [5.74, 6) is 0.783. The Labute approximate surface area is 139 Å². The van der Waals surface area contributed by atoms with Crippen LogP contribution in [-0.4, -0.2) is 33.4 Å². The van der Waals surface area contributed by atoms with Crippen LogP contribution in [0.1, 0.15) is 11.3 Å². The second-order valence-corrected chi connectivity index (χ2v) is 5.48. The lowest BCUT2D eigenvalue weighted by Gasteiger charge is -2.22. The monoisotopic (exact) mass is 320 g/mol. The summed E-state index contributed by atoms with van der Waals surface area (Å²) >= 11 is 0. The van der Waals surface area contributed by atoms with Gasteiger partial charge in [0.25, 0.3) is 0 Å². The van der Waals surface area contributed by atoms with Gasteiger partial charge in [-0.2, -0.15) is 0 Å². The fourth-order valence-corrected chi connectivity index (χ4v) is 2.70. The molecule has 0 bridgehead atoms. The highest BCUT2D eigenvalue weighted by atomic mass is 16.5. The smallest absolute Gasteiger partial charge is 0.153 e. The zero-order valence-corrected chi connectivity index (χ0v) is 13.0. The highest BCUT2D eigenvalue weighted by Gasteiger charge is 2.21. The molecule has 6 heteroatoms. The first kappa shape index (κ1) is 14.5. The molecule has 1 aromatic heterocycles. The summed E-state index contributed by atoms with van der Waals surface area (Å²) in [6, 6.07) is 15.3. The van der Waals surface area contributed by atoms with Crippen LogP contribution < -0.4 is 10.1 Å². The lowest BCUT2D eigenvalue weighted by molar-refractivity contribution is 0.261. The van der Waals surface area contributed by atoms with Crippen LogP contribution in [-0.2, 0) is 0 Å². The number of nitrogens with zero attached hydrogens (tertiary/aromatic N) is 3. The number of methoxy groups -OCH3 is 1. The molecule has 0 radical (unpaired) electrons. The fourth-order valence-electron chi connectivity index (χ4n) is 2.70. The topological polar surface area (TPSA) is 72.2 Å². The molecule has 0 saturated heterocycles. The Bertz CT molecular complexity index is 899. The van der Waals surface area contributed by atoms with Gasteiger partial charge in [-0.15, -0.1) is 5.10 Å². The van der Waals surface area contributed by atoms with E-state index in [1.165, 1.54) is 0 Å². The van der Waals surface area contributed by atoms with Gasteiger partial charge < -0.3 is 15.2 Å². The first-order chi connectivity index (χ1) is 11.7. The standard InChI is InChI=1S/C18H16N4O2/c1-24-14-8-6-13(7-9-14)22-11-17(20-21-22)15-10-12-4-2-3-5-16(12)19-18(15)23/h2-11,18-19,23H,1H3. The Hall–Kier alpha value is -3.12.